The van der Waals surface area contributed by atoms with Crippen molar-refractivity contribution in [1.29, 1.82) is 0 Å². The van der Waals surface area contributed by atoms with Crippen LogP contribution in [0.1, 0.15) is 37.5 Å². The molecule has 1 heterocycles. The highest BCUT2D eigenvalue weighted by Gasteiger charge is 2.32. The van der Waals surface area contributed by atoms with Gasteiger partial charge in [0.05, 0.1) is 17.6 Å². The molecule has 2 atom stereocenters. The highest BCUT2D eigenvalue weighted by atomic mass is 32.1. The molecule has 0 radical (unpaired) electrons. The molecule has 21 heavy (non-hydrogen) atoms. The van der Waals surface area contributed by atoms with E-state index in [9.17, 15) is 5.11 Å². The smallest absolute Gasteiger partial charge is 0.230 e. The Bertz CT molecular complexity index is 464. The Kier molecular flexibility index (Phi) is 5.46. The molecule has 0 amide bonds. The highest BCUT2D eigenvalue weighted by molar-refractivity contribution is 7.15. The Hall–Kier alpha value is -0.850. The van der Waals surface area contributed by atoms with Gasteiger partial charge >= 0.3 is 0 Å². The van der Waals surface area contributed by atoms with Crippen molar-refractivity contribution in [2.24, 2.45) is 5.92 Å². The van der Waals surface area contributed by atoms with Gasteiger partial charge in [0.15, 0.2) is 5.13 Å². The number of nitrogens with zero attached hydrogens (tertiary/aromatic N) is 2. The maximum absolute atomic E-state index is 10.6. The van der Waals surface area contributed by atoms with Crippen LogP contribution < -0.4 is 15.0 Å². The summed E-state index contributed by atoms with van der Waals surface area (Å²) in [7, 11) is 5.59. The summed E-state index contributed by atoms with van der Waals surface area (Å²) in [6, 6.07) is 0. The second-order valence-electron chi connectivity index (χ2n) is 6.35. The Labute approximate surface area is 131 Å². The van der Waals surface area contributed by atoms with Gasteiger partial charge in [0, 0.05) is 27.2 Å². The molecule has 6 heteroatoms. The summed E-state index contributed by atoms with van der Waals surface area (Å²) in [6.45, 7) is 3.54. The molecule has 0 aromatic carbocycles. The molecule has 1 aliphatic rings. The van der Waals surface area contributed by atoms with Crippen LogP contribution in [0.2, 0.25) is 0 Å². The van der Waals surface area contributed by atoms with Crippen LogP contribution in [-0.2, 0) is 6.54 Å². The van der Waals surface area contributed by atoms with Gasteiger partial charge in [-0.2, -0.15) is 4.98 Å². The van der Waals surface area contributed by atoms with Crippen molar-refractivity contribution in [3.8, 4) is 5.88 Å². The third-order valence-electron chi connectivity index (χ3n) is 4.03. The van der Waals surface area contributed by atoms with E-state index in [1.165, 1.54) is 6.42 Å². The molecule has 0 bridgehead atoms. The van der Waals surface area contributed by atoms with Crippen LogP contribution in [0.4, 0.5) is 5.13 Å². The number of anilines is 1. The minimum Gasteiger partial charge on any atom is -0.480 e. The fourth-order valence-electron chi connectivity index (χ4n) is 2.99. The lowest BCUT2D eigenvalue weighted by Crippen LogP contribution is -2.43. The van der Waals surface area contributed by atoms with E-state index in [-0.39, 0.29) is 0 Å². The molecule has 0 saturated heterocycles. The maximum atomic E-state index is 10.6. The standard InChI is InChI=1S/C15H27N3O2S/c1-11-6-5-7-15(19,8-11)10-16-9-12-13(20-4)17-14(21-12)18(2)3/h11,16,19H,5-10H2,1-4H3. The monoisotopic (exact) mass is 313 g/mol. The fraction of sp³-hybridized carbons (Fsp3) is 0.800. The molecule has 2 N–H and O–H groups in total. The van der Waals surface area contributed by atoms with Crippen molar-refractivity contribution in [2.45, 2.75) is 44.8 Å². The summed E-state index contributed by atoms with van der Waals surface area (Å²) in [5.41, 5.74) is -0.556. The normalized spacial score (nSPS) is 25.9. The van der Waals surface area contributed by atoms with Crippen molar-refractivity contribution in [3.05, 3.63) is 4.88 Å². The fourth-order valence-corrected chi connectivity index (χ4v) is 3.91. The van der Waals surface area contributed by atoms with E-state index in [1.807, 2.05) is 19.0 Å². The molecular weight excluding hydrogens is 286 g/mol. The molecule has 1 aromatic rings. The number of aliphatic hydroxyl groups is 1. The molecule has 1 aromatic heterocycles. The number of methoxy groups -OCH3 is 1. The van der Waals surface area contributed by atoms with Gasteiger partial charge in [-0.05, 0) is 18.8 Å². The quantitative estimate of drug-likeness (QED) is 0.843. The Balaban J connectivity index is 1.91. The van der Waals surface area contributed by atoms with Crippen LogP contribution >= 0.6 is 11.3 Å². The van der Waals surface area contributed by atoms with Crippen LogP contribution in [0.5, 0.6) is 5.88 Å². The maximum Gasteiger partial charge on any atom is 0.230 e. The van der Waals surface area contributed by atoms with Crippen molar-refractivity contribution >= 4 is 16.5 Å². The first-order valence-electron chi connectivity index (χ1n) is 7.57. The Morgan fingerprint density at radius 2 is 2.29 bits per heavy atom. The van der Waals surface area contributed by atoms with Gasteiger partial charge in [-0.15, -0.1) is 0 Å². The van der Waals surface area contributed by atoms with Crippen molar-refractivity contribution in [2.75, 3.05) is 32.6 Å². The molecule has 2 unspecified atom stereocenters. The number of thiazole rings is 1. The number of hydrogen-bond donors (Lipinski definition) is 2. The molecule has 2 rings (SSSR count). The molecule has 0 aliphatic heterocycles. The number of ether oxygens (including phenoxy) is 1. The summed E-state index contributed by atoms with van der Waals surface area (Å²) in [6.07, 6.45) is 4.14. The van der Waals surface area contributed by atoms with Gasteiger partial charge in [0.2, 0.25) is 5.88 Å². The van der Waals surface area contributed by atoms with Crippen LogP contribution in [-0.4, -0.2) is 43.4 Å². The second kappa shape index (κ2) is 6.94. The van der Waals surface area contributed by atoms with E-state index < -0.39 is 5.60 Å². The third-order valence-corrected chi connectivity index (χ3v) is 5.24. The van der Waals surface area contributed by atoms with E-state index in [4.69, 9.17) is 4.74 Å². The van der Waals surface area contributed by atoms with Gasteiger partial charge in [0.25, 0.3) is 0 Å². The molecule has 1 aliphatic carbocycles. The van der Waals surface area contributed by atoms with Crippen LogP contribution in [0.15, 0.2) is 0 Å². The summed E-state index contributed by atoms with van der Waals surface area (Å²) >= 11 is 1.62. The van der Waals surface area contributed by atoms with E-state index in [0.717, 1.165) is 29.3 Å². The number of rotatable bonds is 6. The van der Waals surface area contributed by atoms with E-state index in [1.54, 1.807) is 18.4 Å². The summed E-state index contributed by atoms with van der Waals surface area (Å²) in [5.74, 6) is 1.30. The largest absolute Gasteiger partial charge is 0.480 e. The first-order chi connectivity index (χ1) is 9.93. The number of hydrogen-bond acceptors (Lipinski definition) is 6. The highest BCUT2D eigenvalue weighted by Crippen LogP contribution is 2.33. The van der Waals surface area contributed by atoms with Crippen molar-refractivity contribution in [3.63, 3.8) is 0 Å². The lowest BCUT2D eigenvalue weighted by Gasteiger charge is -2.35. The zero-order valence-corrected chi connectivity index (χ0v) is 14.3. The minimum absolute atomic E-state index is 0.556. The van der Waals surface area contributed by atoms with Gasteiger partial charge in [-0.3, -0.25) is 0 Å². The van der Waals surface area contributed by atoms with Gasteiger partial charge in [0.1, 0.15) is 0 Å². The Morgan fingerprint density at radius 3 is 2.90 bits per heavy atom. The molecule has 1 saturated carbocycles. The zero-order chi connectivity index (χ0) is 15.5. The first-order valence-corrected chi connectivity index (χ1v) is 8.39. The van der Waals surface area contributed by atoms with Gasteiger partial charge < -0.3 is 20.1 Å². The van der Waals surface area contributed by atoms with Crippen LogP contribution in [0, 0.1) is 5.92 Å². The van der Waals surface area contributed by atoms with Crippen molar-refractivity contribution < 1.29 is 9.84 Å². The molecule has 1 fully saturated rings. The van der Waals surface area contributed by atoms with Crippen molar-refractivity contribution in [1.82, 2.24) is 10.3 Å². The SMILES string of the molecule is COc1nc(N(C)C)sc1CNCC1(O)CCCC(C)C1. The second-order valence-corrected chi connectivity index (χ2v) is 7.41. The molecule has 0 spiro atoms. The molecule has 5 nitrogen and oxygen atoms in total. The summed E-state index contributed by atoms with van der Waals surface area (Å²) in [4.78, 5) is 7.50. The third kappa shape index (κ3) is 4.31. The molecular formula is C15H27N3O2S. The van der Waals surface area contributed by atoms with Gasteiger partial charge in [-0.25, -0.2) is 0 Å². The number of nitrogens with one attached hydrogen (secondary N) is 1. The first kappa shape index (κ1) is 16.5. The average molecular weight is 313 g/mol. The predicted octanol–water partition coefficient (Wildman–Crippen LogP) is 2.25. The summed E-state index contributed by atoms with van der Waals surface area (Å²) in [5, 5.41) is 14.9. The molecule has 120 valence electrons. The van der Waals surface area contributed by atoms with E-state index >= 15 is 0 Å². The van der Waals surface area contributed by atoms with Gasteiger partial charge in [-0.1, -0.05) is 31.1 Å². The minimum atomic E-state index is -0.556. The zero-order valence-electron chi connectivity index (χ0n) is 13.5. The van der Waals surface area contributed by atoms with E-state index in [0.29, 0.717) is 24.9 Å². The summed E-state index contributed by atoms with van der Waals surface area (Å²) < 4.78 is 5.33. The van der Waals surface area contributed by atoms with Crippen LogP contribution in [0.3, 0.4) is 0 Å². The topological polar surface area (TPSA) is 57.6 Å². The average Bonchev–Trinajstić information content (AvgIpc) is 2.81. The lowest BCUT2D eigenvalue weighted by molar-refractivity contribution is -0.0119. The predicted molar refractivity (Wildman–Crippen MR) is 87.3 cm³/mol. The van der Waals surface area contributed by atoms with E-state index in [2.05, 4.69) is 17.2 Å². The Morgan fingerprint density at radius 1 is 1.52 bits per heavy atom. The number of aromatic nitrogens is 1. The van der Waals surface area contributed by atoms with Crippen LogP contribution in [0.25, 0.3) is 0 Å². The lowest BCUT2D eigenvalue weighted by atomic mass is 9.79.